The number of fused-ring (bicyclic) bond motifs is 3. The topological polar surface area (TPSA) is 101 Å². The van der Waals surface area contributed by atoms with Gasteiger partial charge in [-0.3, -0.25) is 4.79 Å². The average molecular weight is 378 g/mol. The summed E-state index contributed by atoms with van der Waals surface area (Å²) in [4.78, 5) is 16.8. The van der Waals surface area contributed by atoms with Crippen LogP contribution in [0, 0.1) is 18.3 Å². The van der Waals surface area contributed by atoms with Gasteiger partial charge in [0.15, 0.2) is 0 Å². The van der Waals surface area contributed by atoms with Gasteiger partial charge in [0.25, 0.3) is 0 Å². The smallest absolute Gasteiger partial charge is 0.225 e. The number of thiophene rings is 1. The lowest BCUT2D eigenvalue weighted by molar-refractivity contribution is -0.116. The quantitative estimate of drug-likeness (QED) is 0.719. The standard InChI is InChI=1S/C20H18N4O2S/c1-3-26-12-6-4-11(5-7-12)13-8-15(25)23-20-16(13)17-18(27-20)10(2)14(9-21)19(22)24-17/h4-7,13H,3,8H2,1-2H3,(H2,22,24)(H,23,25). The van der Waals surface area contributed by atoms with E-state index in [1.807, 2.05) is 38.1 Å². The Balaban J connectivity index is 1.90. The summed E-state index contributed by atoms with van der Waals surface area (Å²) in [6.07, 6.45) is 0.341. The summed E-state index contributed by atoms with van der Waals surface area (Å²) in [7, 11) is 0. The molecule has 136 valence electrons. The van der Waals surface area contributed by atoms with Crippen LogP contribution in [0.4, 0.5) is 10.8 Å². The van der Waals surface area contributed by atoms with Crippen LogP contribution in [0.25, 0.3) is 10.2 Å². The summed E-state index contributed by atoms with van der Waals surface area (Å²) in [6, 6.07) is 9.93. The highest BCUT2D eigenvalue weighted by Crippen LogP contribution is 2.47. The summed E-state index contributed by atoms with van der Waals surface area (Å²) in [5, 5.41) is 13.1. The molecule has 2 aromatic heterocycles. The van der Waals surface area contributed by atoms with Gasteiger partial charge in [-0.2, -0.15) is 5.26 Å². The number of hydrogen-bond donors (Lipinski definition) is 2. The van der Waals surface area contributed by atoms with E-state index in [0.29, 0.717) is 18.6 Å². The molecular weight excluding hydrogens is 360 g/mol. The second-order valence-corrected chi connectivity index (χ2v) is 7.46. The van der Waals surface area contributed by atoms with E-state index in [-0.39, 0.29) is 17.6 Å². The number of pyridine rings is 1. The van der Waals surface area contributed by atoms with Crippen LogP contribution in [-0.4, -0.2) is 17.5 Å². The van der Waals surface area contributed by atoms with Crippen molar-refractivity contribution < 1.29 is 9.53 Å². The molecule has 0 radical (unpaired) electrons. The van der Waals surface area contributed by atoms with Crippen LogP contribution in [0.15, 0.2) is 24.3 Å². The molecule has 0 saturated carbocycles. The molecule has 1 atom stereocenters. The zero-order chi connectivity index (χ0) is 19.1. The number of nitrogen functional groups attached to an aromatic ring is 1. The molecule has 0 aliphatic carbocycles. The number of nitrogens with two attached hydrogens (primary N) is 1. The number of aryl methyl sites for hydroxylation is 1. The Bertz CT molecular complexity index is 1100. The van der Waals surface area contributed by atoms with Gasteiger partial charge in [0.1, 0.15) is 22.6 Å². The zero-order valence-corrected chi connectivity index (χ0v) is 15.8. The van der Waals surface area contributed by atoms with E-state index >= 15 is 0 Å². The van der Waals surface area contributed by atoms with Crippen LogP contribution in [0.3, 0.4) is 0 Å². The number of rotatable bonds is 3. The number of ether oxygens (including phenoxy) is 1. The molecule has 3 aromatic rings. The maximum Gasteiger partial charge on any atom is 0.225 e. The summed E-state index contributed by atoms with van der Waals surface area (Å²) < 4.78 is 6.41. The fourth-order valence-electron chi connectivity index (χ4n) is 3.55. The Labute approximate surface area is 160 Å². The Morgan fingerprint density at radius 2 is 2.15 bits per heavy atom. The molecule has 1 amide bonds. The highest BCUT2D eigenvalue weighted by Gasteiger charge is 2.32. The summed E-state index contributed by atoms with van der Waals surface area (Å²) in [6.45, 7) is 4.42. The van der Waals surface area contributed by atoms with E-state index in [9.17, 15) is 10.1 Å². The predicted octanol–water partition coefficient (Wildman–Crippen LogP) is 3.93. The van der Waals surface area contributed by atoms with Gasteiger partial charge in [-0.25, -0.2) is 4.98 Å². The number of carbonyl (C=O) groups is 1. The lowest BCUT2D eigenvalue weighted by atomic mass is 9.86. The van der Waals surface area contributed by atoms with Crippen LogP contribution in [0.5, 0.6) is 5.75 Å². The van der Waals surface area contributed by atoms with Crippen molar-refractivity contribution in [3.05, 3.63) is 46.5 Å². The number of benzene rings is 1. The van der Waals surface area contributed by atoms with E-state index in [2.05, 4.69) is 16.4 Å². The molecule has 1 aliphatic heterocycles. The number of carbonyl (C=O) groups excluding carboxylic acids is 1. The zero-order valence-electron chi connectivity index (χ0n) is 15.0. The highest BCUT2D eigenvalue weighted by molar-refractivity contribution is 7.23. The molecule has 0 spiro atoms. The molecule has 4 rings (SSSR count). The van der Waals surface area contributed by atoms with Gasteiger partial charge in [0, 0.05) is 17.9 Å². The minimum absolute atomic E-state index is 0.0286. The maximum atomic E-state index is 12.3. The normalized spacial score (nSPS) is 15.9. The molecule has 1 aromatic carbocycles. The Morgan fingerprint density at radius 1 is 1.41 bits per heavy atom. The molecule has 3 heterocycles. The first-order valence-electron chi connectivity index (χ1n) is 8.68. The average Bonchev–Trinajstić information content (AvgIpc) is 3.01. The van der Waals surface area contributed by atoms with Crippen LogP contribution in [0.1, 0.15) is 41.5 Å². The van der Waals surface area contributed by atoms with Crippen molar-refractivity contribution in [2.75, 3.05) is 17.7 Å². The van der Waals surface area contributed by atoms with Crippen molar-refractivity contribution in [1.82, 2.24) is 4.98 Å². The van der Waals surface area contributed by atoms with E-state index in [0.717, 1.165) is 37.7 Å². The van der Waals surface area contributed by atoms with Crippen LogP contribution >= 0.6 is 11.3 Å². The van der Waals surface area contributed by atoms with Gasteiger partial charge in [-0.1, -0.05) is 12.1 Å². The Morgan fingerprint density at radius 3 is 2.81 bits per heavy atom. The fraction of sp³-hybridized carbons (Fsp3) is 0.250. The Kier molecular flexibility index (Phi) is 4.21. The summed E-state index contributed by atoms with van der Waals surface area (Å²) in [5.41, 5.74) is 9.98. The first-order chi connectivity index (χ1) is 13.0. The second-order valence-electron chi connectivity index (χ2n) is 6.44. The molecule has 1 unspecified atom stereocenters. The molecule has 7 heteroatoms. The van der Waals surface area contributed by atoms with Gasteiger partial charge in [0.2, 0.25) is 5.91 Å². The number of hydrogen-bond acceptors (Lipinski definition) is 6. The largest absolute Gasteiger partial charge is 0.494 e. The number of amides is 1. The van der Waals surface area contributed by atoms with Crippen LogP contribution in [-0.2, 0) is 4.79 Å². The number of nitrogens with zero attached hydrogens (tertiary/aromatic N) is 2. The van der Waals surface area contributed by atoms with Crippen molar-refractivity contribution in [3.8, 4) is 11.8 Å². The maximum absolute atomic E-state index is 12.3. The monoisotopic (exact) mass is 378 g/mol. The van der Waals surface area contributed by atoms with Gasteiger partial charge in [-0.15, -0.1) is 11.3 Å². The second kappa shape index (κ2) is 6.56. The number of nitriles is 1. The van der Waals surface area contributed by atoms with E-state index in [4.69, 9.17) is 10.5 Å². The third-order valence-electron chi connectivity index (χ3n) is 4.82. The van der Waals surface area contributed by atoms with Gasteiger partial charge in [-0.05, 0) is 37.1 Å². The van der Waals surface area contributed by atoms with Gasteiger partial charge < -0.3 is 15.8 Å². The minimum Gasteiger partial charge on any atom is -0.494 e. The molecule has 6 nitrogen and oxygen atoms in total. The lowest BCUT2D eigenvalue weighted by Gasteiger charge is -2.23. The van der Waals surface area contributed by atoms with E-state index < -0.39 is 0 Å². The van der Waals surface area contributed by atoms with Gasteiger partial charge in [0.05, 0.1) is 22.4 Å². The molecule has 0 fully saturated rings. The fourth-order valence-corrected chi connectivity index (χ4v) is 4.78. The van der Waals surface area contributed by atoms with Crippen molar-refractivity contribution >= 4 is 38.3 Å². The molecule has 0 saturated heterocycles. The van der Waals surface area contributed by atoms with Crippen molar-refractivity contribution in [1.29, 1.82) is 5.26 Å². The SMILES string of the molecule is CCOc1ccc(C2CC(=O)Nc3sc4c(C)c(C#N)c(N)nc4c32)cc1. The molecular formula is C20H18N4O2S. The first-order valence-corrected chi connectivity index (χ1v) is 9.50. The van der Waals surface area contributed by atoms with Gasteiger partial charge >= 0.3 is 0 Å². The number of aromatic nitrogens is 1. The predicted molar refractivity (Wildman–Crippen MR) is 106 cm³/mol. The lowest BCUT2D eigenvalue weighted by Crippen LogP contribution is -2.22. The van der Waals surface area contributed by atoms with Crippen LogP contribution < -0.4 is 15.8 Å². The molecule has 27 heavy (non-hydrogen) atoms. The molecule has 1 aliphatic rings. The summed E-state index contributed by atoms with van der Waals surface area (Å²) >= 11 is 1.45. The van der Waals surface area contributed by atoms with E-state index in [1.54, 1.807) is 0 Å². The third kappa shape index (κ3) is 2.78. The molecule has 3 N–H and O–H groups in total. The van der Waals surface area contributed by atoms with Crippen molar-refractivity contribution in [2.24, 2.45) is 0 Å². The minimum atomic E-state index is -0.114. The first kappa shape index (κ1) is 17.3. The van der Waals surface area contributed by atoms with Crippen molar-refractivity contribution in [2.45, 2.75) is 26.2 Å². The Hall–Kier alpha value is -3.11. The number of nitrogens with one attached hydrogen (secondary N) is 1. The third-order valence-corrected chi connectivity index (χ3v) is 6.05. The highest BCUT2D eigenvalue weighted by atomic mass is 32.1. The van der Waals surface area contributed by atoms with Crippen molar-refractivity contribution in [3.63, 3.8) is 0 Å². The van der Waals surface area contributed by atoms with E-state index in [1.165, 1.54) is 11.3 Å². The number of anilines is 2. The summed E-state index contributed by atoms with van der Waals surface area (Å²) in [5.74, 6) is 0.885. The molecule has 0 bridgehead atoms. The van der Waals surface area contributed by atoms with Crippen LogP contribution in [0.2, 0.25) is 0 Å².